The van der Waals surface area contributed by atoms with E-state index < -0.39 is 41.7 Å². The quantitative estimate of drug-likeness (QED) is 0.293. The lowest BCUT2D eigenvalue weighted by Crippen LogP contribution is -2.61. The van der Waals surface area contributed by atoms with Crippen molar-refractivity contribution in [2.24, 2.45) is 0 Å². The van der Waals surface area contributed by atoms with E-state index in [1.165, 1.54) is 0 Å². The summed E-state index contributed by atoms with van der Waals surface area (Å²) in [4.78, 5) is 40.4. The van der Waals surface area contributed by atoms with Crippen LogP contribution in [0.3, 0.4) is 0 Å². The molecule has 9 heteroatoms. The Kier molecular flexibility index (Phi) is 10.3. The van der Waals surface area contributed by atoms with Crippen molar-refractivity contribution in [3.05, 3.63) is 71.8 Å². The third-order valence-corrected chi connectivity index (χ3v) is 9.46. The van der Waals surface area contributed by atoms with E-state index in [2.05, 4.69) is 5.32 Å². The fourth-order valence-electron chi connectivity index (χ4n) is 5.15. The summed E-state index contributed by atoms with van der Waals surface area (Å²) in [5, 5.41) is 3.01. The van der Waals surface area contributed by atoms with Crippen molar-refractivity contribution in [1.29, 1.82) is 0 Å². The molecule has 1 saturated heterocycles. The summed E-state index contributed by atoms with van der Waals surface area (Å²) < 4.78 is 25.3. The Morgan fingerprint density at radius 2 is 1.67 bits per heavy atom. The first-order valence-electron chi connectivity index (χ1n) is 13.7. The highest BCUT2D eigenvalue weighted by Crippen LogP contribution is 2.49. The Hall–Kier alpha value is -2.80. The number of nitrogens with zero attached hydrogens (tertiary/aromatic N) is 1. The van der Waals surface area contributed by atoms with Gasteiger partial charge in [-0.1, -0.05) is 48.5 Å². The van der Waals surface area contributed by atoms with Gasteiger partial charge in [-0.15, -0.1) is 0 Å². The van der Waals surface area contributed by atoms with Crippen molar-refractivity contribution >= 4 is 25.3 Å². The molecule has 1 fully saturated rings. The van der Waals surface area contributed by atoms with Crippen molar-refractivity contribution in [3.8, 4) is 0 Å². The Morgan fingerprint density at radius 1 is 1.05 bits per heavy atom. The highest BCUT2D eigenvalue weighted by molar-refractivity contribution is 7.60. The maximum atomic E-state index is 14.3. The minimum atomic E-state index is -3.62. The molecule has 1 heterocycles. The third-order valence-electron chi connectivity index (χ3n) is 6.98. The molecular weight excluding hydrogens is 515 g/mol. The van der Waals surface area contributed by atoms with Crippen LogP contribution in [0.4, 0.5) is 4.79 Å². The van der Waals surface area contributed by atoms with E-state index in [0.717, 1.165) is 5.56 Å². The first-order chi connectivity index (χ1) is 18.4. The van der Waals surface area contributed by atoms with E-state index in [-0.39, 0.29) is 24.7 Å². The smallest absolute Gasteiger partial charge is 0.414 e. The number of hydrogen-bond acceptors (Lipinski definition) is 6. The predicted octanol–water partition coefficient (Wildman–Crippen LogP) is 5.80. The van der Waals surface area contributed by atoms with Gasteiger partial charge in [-0.2, -0.15) is 9.28 Å². The number of carbonyl (C=O) groups excluding carboxylic acids is 3. The average Bonchev–Trinajstić information content (AvgIpc) is 3.26. The zero-order chi connectivity index (χ0) is 28.7. The van der Waals surface area contributed by atoms with Crippen LogP contribution in [0.5, 0.6) is 0 Å². The van der Waals surface area contributed by atoms with Crippen LogP contribution >= 0.6 is 7.37 Å². The topological polar surface area (TPSA) is 98.8 Å². The summed E-state index contributed by atoms with van der Waals surface area (Å²) in [5.41, 5.74) is 0.672. The van der Waals surface area contributed by atoms with E-state index in [4.69, 9.17) is 9.26 Å². The fraction of sp³-hybridized carbons (Fsp3) is 0.500. The second-order valence-corrected chi connectivity index (χ2v) is 13.8. The lowest BCUT2D eigenvalue weighted by atomic mass is 10.1. The number of rotatable bonds is 10. The van der Waals surface area contributed by atoms with E-state index in [0.29, 0.717) is 31.4 Å². The summed E-state index contributed by atoms with van der Waals surface area (Å²) in [6.07, 6.45) is 0.730. The maximum Gasteiger partial charge on any atom is 0.524 e. The molecule has 0 aliphatic carbocycles. The number of quaternary nitrogens is 1. The molecule has 8 nitrogen and oxygen atoms in total. The maximum absolute atomic E-state index is 14.3. The van der Waals surface area contributed by atoms with Gasteiger partial charge < -0.3 is 14.6 Å². The molecule has 0 bridgehead atoms. The molecule has 3 amide bonds. The van der Waals surface area contributed by atoms with Gasteiger partial charge in [0.2, 0.25) is 7.37 Å². The molecule has 0 radical (unpaired) electrons. The zero-order valence-electron chi connectivity index (χ0n) is 23.7. The second kappa shape index (κ2) is 13.0. The van der Waals surface area contributed by atoms with Crippen LogP contribution in [-0.4, -0.2) is 65.6 Å². The van der Waals surface area contributed by atoms with Crippen LogP contribution < -0.4 is 5.32 Å². The number of benzene rings is 2. The highest BCUT2D eigenvalue weighted by Gasteiger charge is 2.56. The summed E-state index contributed by atoms with van der Waals surface area (Å²) >= 11 is 0. The van der Waals surface area contributed by atoms with Crippen molar-refractivity contribution in [2.75, 3.05) is 25.5 Å². The van der Waals surface area contributed by atoms with E-state index >= 15 is 0 Å². The van der Waals surface area contributed by atoms with Crippen LogP contribution in [0.25, 0.3) is 0 Å². The van der Waals surface area contributed by atoms with Crippen molar-refractivity contribution in [1.82, 2.24) is 5.32 Å². The second-order valence-electron chi connectivity index (χ2n) is 11.3. The number of amides is 3. The average molecular weight is 558 g/mol. The van der Waals surface area contributed by atoms with Crippen molar-refractivity contribution in [3.63, 3.8) is 0 Å². The number of nitrogens with one attached hydrogen (secondary N) is 1. The molecule has 0 spiro atoms. The van der Waals surface area contributed by atoms with Crippen LogP contribution in [0.2, 0.25) is 0 Å². The van der Waals surface area contributed by atoms with Gasteiger partial charge in [-0.05, 0) is 58.7 Å². The molecule has 212 valence electrons. The standard InChI is InChI=1S/C30H41N2O6P/c1-6-37-39(36,22-27(33)32(19-13-14-23(32)2)29(35)38-30(3,4)5)21-26(20-24-15-9-7-10-16-24)31-28(34)25-17-11-8-12-18-25/h7-12,15-18,23,26H,6,13-14,19-22H2,1-5H3/p+1/t23-,26?,32?,39?/m1/s1. The monoisotopic (exact) mass is 557 g/mol. The number of hydrogen-bond donors (Lipinski definition) is 1. The van der Waals surface area contributed by atoms with Gasteiger partial charge in [-0.25, -0.2) is 4.79 Å². The largest absolute Gasteiger partial charge is 0.524 e. The first-order valence-corrected chi connectivity index (χ1v) is 15.7. The fourth-order valence-corrected chi connectivity index (χ4v) is 7.50. The molecule has 2 aromatic rings. The zero-order valence-corrected chi connectivity index (χ0v) is 24.6. The Morgan fingerprint density at radius 3 is 2.21 bits per heavy atom. The summed E-state index contributed by atoms with van der Waals surface area (Å²) in [6, 6.07) is 17.5. The summed E-state index contributed by atoms with van der Waals surface area (Å²) in [7, 11) is -3.62. The summed E-state index contributed by atoms with van der Waals surface area (Å²) in [6.45, 7) is 9.32. The van der Waals surface area contributed by atoms with Crippen LogP contribution in [-0.2, 0) is 25.0 Å². The van der Waals surface area contributed by atoms with Gasteiger partial charge in [0, 0.05) is 30.6 Å². The molecular formula is C30H42N2O6P+. The molecule has 0 aromatic heterocycles. The van der Waals surface area contributed by atoms with Crippen molar-refractivity contribution < 1.29 is 32.7 Å². The minimum Gasteiger partial charge on any atom is -0.414 e. The van der Waals surface area contributed by atoms with E-state index in [1.807, 2.05) is 43.3 Å². The molecule has 1 N–H and O–H groups in total. The Labute approximate surface area is 232 Å². The number of likely N-dealkylation sites (tertiary alicyclic amines) is 1. The molecule has 4 atom stereocenters. The van der Waals surface area contributed by atoms with Gasteiger partial charge in [0.15, 0.2) is 0 Å². The highest BCUT2D eigenvalue weighted by atomic mass is 31.2. The molecule has 1 aliphatic heterocycles. The first kappa shape index (κ1) is 30.7. The van der Waals surface area contributed by atoms with Crippen LogP contribution in [0.1, 0.15) is 63.4 Å². The lowest BCUT2D eigenvalue weighted by Gasteiger charge is -2.35. The number of ether oxygens (including phenoxy) is 1. The van der Waals surface area contributed by atoms with Gasteiger partial charge in [0.1, 0.15) is 17.8 Å². The van der Waals surface area contributed by atoms with Gasteiger partial charge in [0.25, 0.3) is 5.91 Å². The Balaban J connectivity index is 1.89. The Bertz CT molecular complexity index is 1180. The van der Waals surface area contributed by atoms with E-state index in [9.17, 15) is 18.9 Å². The van der Waals surface area contributed by atoms with Crippen molar-refractivity contribution in [2.45, 2.75) is 71.6 Å². The molecule has 2 aromatic carbocycles. The normalized spacial score (nSPS) is 21.5. The van der Waals surface area contributed by atoms with Gasteiger partial charge in [0.05, 0.1) is 13.2 Å². The van der Waals surface area contributed by atoms with E-state index in [1.54, 1.807) is 52.0 Å². The van der Waals surface area contributed by atoms with Gasteiger partial charge >= 0.3 is 12.0 Å². The number of carbonyl (C=O) groups is 3. The van der Waals surface area contributed by atoms with Crippen LogP contribution in [0, 0.1) is 0 Å². The molecule has 1 aliphatic rings. The SMILES string of the molecule is CCOP(=O)(CC(=O)[N+]1(C(=O)OC(C)(C)C)CCC[C@H]1C)CC(Cc1ccccc1)NC(=O)c1ccccc1. The number of imide groups is 1. The van der Waals surface area contributed by atoms with Gasteiger partial charge in [-0.3, -0.25) is 9.36 Å². The molecule has 0 saturated carbocycles. The molecule has 39 heavy (non-hydrogen) atoms. The van der Waals surface area contributed by atoms with Crippen LogP contribution in [0.15, 0.2) is 60.7 Å². The lowest BCUT2D eigenvalue weighted by molar-refractivity contribution is -0.792. The third kappa shape index (κ3) is 8.10. The molecule has 3 rings (SSSR count). The summed E-state index contributed by atoms with van der Waals surface area (Å²) in [5.74, 6) is -0.754. The molecule has 3 unspecified atom stereocenters. The predicted molar refractivity (Wildman–Crippen MR) is 152 cm³/mol. The minimum absolute atomic E-state index is 0.0389.